The molecule has 1 aliphatic carbocycles. The number of hydrogen-bond acceptors (Lipinski definition) is 3. The average molecular weight is 505 g/mol. The monoisotopic (exact) mass is 504 g/mol. The maximum Gasteiger partial charge on any atom is 0.419 e. The van der Waals surface area contributed by atoms with E-state index in [9.17, 15) is 4.79 Å². The van der Waals surface area contributed by atoms with E-state index in [1.54, 1.807) is 4.57 Å². The van der Waals surface area contributed by atoms with Crippen molar-refractivity contribution in [2.75, 3.05) is 6.54 Å². The molecule has 0 fully saturated rings. The molecule has 4 rings (SSSR count). The van der Waals surface area contributed by atoms with E-state index < -0.39 is 0 Å². The first-order chi connectivity index (χ1) is 17.8. The van der Waals surface area contributed by atoms with Gasteiger partial charge in [-0.05, 0) is 53.0 Å². The summed E-state index contributed by atoms with van der Waals surface area (Å²) in [6.45, 7) is 11.1. The summed E-state index contributed by atoms with van der Waals surface area (Å²) < 4.78 is 7.30. The van der Waals surface area contributed by atoms with Gasteiger partial charge in [-0.25, -0.2) is 4.79 Å². The molecule has 0 bridgehead atoms. The molecular weight excluding hydrogens is 456 g/mol. The van der Waals surface area contributed by atoms with Crippen molar-refractivity contribution < 1.29 is 4.42 Å². The second kappa shape index (κ2) is 12.4. The maximum absolute atomic E-state index is 12.2. The lowest BCUT2D eigenvalue weighted by molar-refractivity contribution is 0.307. The third kappa shape index (κ3) is 6.89. The van der Waals surface area contributed by atoms with E-state index in [4.69, 9.17) is 4.42 Å². The van der Waals surface area contributed by atoms with Gasteiger partial charge in [0, 0.05) is 32.3 Å². The minimum atomic E-state index is -0.252. The quantitative estimate of drug-likeness (QED) is 0.273. The zero-order chi connectivity index (χ0) is 26.4. The summed E-state index contributed by atoms with van der Waals surface area (Å²) >= 11 is 0. The van der Waals surface area contributed by atoms with E-state index in [0.29, 0.717) is 0 Å². The van der Waals surface area contributed by atoms with Crippen molar-refractivity contribution in [1.29, 1.82) is 0 Å². The molecule has 1 aromatic heterocycles. The fraction of sp³-hybridized carbons (Fsp3) is 0.606. The predicted octanol–water partition coefficient (Wildman–Crippen LogP) is 8.30. The van der Waals surface area contributed by atoms with Crippen LogP contribution in [-0.4, -0.2) is 16.0 Å². The molecule has 0 saturated heterocycles. The summed E-state index contributed by atoms with van der Waals surface area (Å²) in [7, 11) is 1.82. The van der Waals surface area contributed by atoms with Crippen LogP contribution in [0.1, 0.15) is 121 Å². The summed E-state index contributed by atoms with van der Waals surface area (Å²) in [5.74, 6) is 0.574. The number of allylic oxidation sites excluding steroid dienone is 2. The highest BCUT2D eigenvalue weighted by Crippen LogP contribution is 2.38. The van der Waals surface area contributed by atoms with E-state index in [1.807, 2.05) is 7.05 Å². The van der Waals surface area contributed by atoms with Gasteiger partial charge in [-0.15, -0.1) is 0 Å². The molecule has 4 heteroatoms. The molecule has 2 aromatic rings. The number of oxazole rings is 1. The Morgan fingerprint density at radius 3 is 2.22 bits per heavy atom. The Kier molecular flexibility index (Phi) is 9.21. The zero-order valence-corrected chi connectivity index (χ0v) is 24.0. The van der Waals surface area contributed by atoms with Gasteiger partial charge in [0.2, 0.25) is 0 Å². The Hall–Kier alpha value is -2.49. The highest BCUT2D eigenvalue weighted by molar-refractivity contribution is 5.64. The first-order valence-electron chi connectivity index (χ1n) is 14.7. The van der Waals surface area contributed by atoms with Crippen molar-refractivity contribution in [3.8, 4) is 0 Å². The zero-order valence-electron chi connectivity index (χ0n) is 24.0. The van der Waals surface area contributed by atoms with Crippen molar-refractivity contribution in [2.45, 2.75) is 117 Å². The van der Waals surface area contributed by atoms with Gasteiger partial charge in [0.1, 0.15) is 5.76 Å². The van der Waals surface area contributed by atoms with Crippen LogP contribution in [0.25, 0.3) is 6.08 Å². The van der Waals surface area contributed by atoms with Crippen molar-refractivity contribution in [2.24, 2.45) is 7.05 Å². The molecule has 1 aromatic carbocycles. The lowest BCUT2D eigenvalue weighted by Gasteiger charge is -2.37. The fourth-order valence-electron chi connectivity index (χ4n) is 5.85. The fourth-order valence-corrected chi connectivity index (χ4v) is 5.85. The van der Waals surface area contributed by atoms with Gasteiger partial charge in [0.25, 0.3) is 0 Å². The minimum absolute atomic E-state index is 0.173. The lowest BCUT2D eigenvalue weighted by Crippen LogP contribution is -2.31. The highest BCUT2D eigenvalue weighted by atomic mass is 16.4. The summed E-state index contributed by atoms with van der Waals surface area (Å²) in [6, 6.07) is 9.21. The standard InChI is InChI=1S/C33H48N2O2/c1-6-7-8-9-10-11-12-13-14-15-29-28-23-31-30(34(5)32(36)37-31)22-26(28)20-21-35(29)24-25-16-18-27(19-17-25)33(2,3)4/h16-19,22H,6-15,20-21,23-24H2,1-5H3. The van der Waals surface area contributed by atoms with Gasteiger partial charge in [-0.2, -0.15) is 0 Å². The Morgan fingerprint density at radius 1 is 0.919 bits per heavy atom. The summed E-state index contributed by atoms with van der Waals surface area (Å²) in [4.78, 5) is 14.8. The molecule has 1 aliphatic heterocycles. The molecular formula is C33H48N2O2. The average Bonchev–Trinajstić information content (AvgIpc) is 3.15. The maximum atomic E-state index is 12.2. The van der Waals surface area contributed by atoms with Gasteiger partial charge in [0.15, 0.2) is 0 Å². The molecule has 0 spiro atoms. The van der Waals surface area contributed by atoms with Crippen molar-refractivity contribution in [3.63, 3.8) is 0 Å². The number of benzene rings is 1. The second-order valence-electron chi connectivity index (χ2n) is 12.2. The molecule has 0 saturated carbocycles. The second-order valence-corrected chi connectivity index (χ2v) is 12.2. The molecule has 0 atom stereocenters. The van der Waals surface area contributed by atoms with E-state index in [-0.39, 0.29) is 11.2 Å². The lowest BCUT2D eigenvalue weighted by atomic mass is 9.85. The smallest absolute Gasteiger partial charge is 0.412 e. The van der Waals surface area contributed by atoms with Gasteiger partial charge in [-0.1, -0.05) is 103 Å². The predicted molar refractivity (Wildman–Crippen MR) is 155 cm³/mol. The van der Waals surface area contributed by atoms with Crippen LogP contribution in [-0.2, 0) is 25.4 Å². The number of nitrogens with zero attached hydrogens (tertiary/aromatic N) is 2. The van der Waals surface area contributed by atoms with E-state index in [0.717, 1.165) is 43.8 Å². The van der Waals surface area contributed by atoms with Crippen molar-refractivity contribution in [1.82, 2.24) is 9.47 Å². The normalized spacial score (nSPS) is 15.6. The van der Waals surface area contributed by atoms with E-state index in [1.165, 1.54) is 85.8 Å². The Morgan fingerprint density at radius 2 is 1.57 bits per heavy atom. The van der Waals surface area contributed by atoms with E-state index in [2.05, 4.69) is 62.9 Å². The van der Waals surface area contributed by atoms with Crippen LogP contribution in [0.3, 0.4) is 0 Å². The summed E-state index contributed by atoms with van der Waals surface area (Å²) in [5.41, 5.74) is 8.15. The van der Waals surface area contributed by atoms with Crippen LogP contribution in [0, 0.1) is 0 Å². The first kappa shape index (κ1) is 27.5. The van der Waals surface area contributed by atoms with Gasteiger partial charge in [-0.3, -0.25) is 4.57 Å². The van der Waals surface area contributed by atoms with Crippen LogP contribution < -0.4 is 5.76 Å². The third-order valence-corrected chi connectivity index (χ3v) is 8.26. The third-order valence-electron chi connectivity index (χ3n) is 8.26. The van der Waals surface area contributed by atoms with Crippen LogP contribution in [0.4, 0.5) is 0 Å². The van der Waals surface area contributed by atoms with Gasteiger partial charge >= 0.3 is 5.76 Å². The highest BCUT2D eigenvalue weighted by Gasteiger charge is 2.29. The number of fused-ring (bicyclic) bond motifs is 2. The number of unbranched alkanes of at least 4 members (excludes halogenated alkanes) is 8. The number of aromatic nitrogens is 1. The topological polar surface area (TPSA) is 38.4 Å². The Bertz CT molecular complexity index is 1150. The summed E-state index contributed by atoms with van der Waals surface area (Å²) in [6.07, 6.45) is 17.2. The number of hydrogen-bond donors (Lipinski definition) is 0. The molecule has 0 N–H and O–H groups in total. The van der Waals surface area contributed by atoms with Crippen molar-refractivity contribution in [3.05, 3.63) is 74.2 Å². The van der Waals surface area contributed by atoms with Crippen LogP contribution in [0.5, 0.6) is 0 Å². The SMILES string of the molecule is CCCCCCCCCCCC1=C2Cc3oc(=O)n(C)c3C=C2CCN1Cc1ccc(C(C)(C)C)cc1. The number of rotatable bonds is 12. The van der Waals surface area contributed by atoms with E-state index >= 15 is 0 Å². The van der Waals surface area contributed by atoms with Gasteiger partial charge < -0.3 is 9.32 Å². The molecule has 37 heavy (non-hydrogen) atoms. The molecule has 0 radical (unpaired) electrons. The Labute approximate surface area is 224 Å². The molecule has 0 amide bonds. The Balaban J connectivity index is 1.47. The van der Waals surface area contributed by atoms with Crippen LogP contribution in [0.15, 0.2) is 50.3 Å². The van der Waals surface area contributed by atoms with Crippen LogP contribution in [0.2, 0.25) is 0 Å². The largest absolute Gasteiger partial charge is 0.419 e. The van der Waals surface area contributed by atoms with Gasteiger partial charge in [0.05, 0.1) is 5.69 Å². The minimum Gasteiger partial charge on any atom is -0.412 e. The molecule has 2 heterocycles. The molecule has 202 valence electrons. The van der Waals surface area contributed by atoms with Crippen molar-refractivity contribution >= 4 is 6.08 Å². The molecule has 0 unspecified atom stereocenters. The first-order valence-corrected chi connectivity index (χ1v) is 14.7. The molecule has 2 aliphatic rings. The van der Waals surface area contributed by atoms with Crippen LogP contribution >= 0.6 is 0 Å². The molecule has 4 nitrogen and oxygen atoms in total. The summed E-state index contributed by atoms with van der Waals surface area (Å²) in [5, 5.41) is 0.